The summed E-state index contributed by atoms with van der Waals surface area (Å²) >= 11 is 0. The lowest BCUT2D eigenvalue weighted by Gasteiger charge is -2.35. The minimum Gasteiger partial charge on any atom is -0.375 e. The van der Waals surface area contributed by atoms with Gasteiger partial charge in [0.1, 0.15) is 0 Å². The molecule has 5 heteroatoms. The molecule has 5 nitrogen and oxygen atoms in total. The van der Waals surface area contributed by atoms with Crippen molar-refractivity contribution in [3.8, 4) is 0 Å². The SMILES string of the molecule is CC(C)=CCCN1CC2CC2(C(N)NC(=O)C(O)(c2ccccc2)C2CCCC2)C1. The average molecular weight is 412 g/mol. The van der Waals surface area contributed by atoms with Gasteiger partial charge in [-0.05, 0) is 51.0 Å². The Balaban J connectivity index is 1.44. The van der Waals surface area contributed by atoms with Gasteiger partial charge in [-0.3, -0.25) is 4.79 Å². The van der Waals surface area contributed by atoms with E-state index in [0.717, 1.165) is 58.2 Å². The Morgan fingerprint density at radius 1 is 1.33 bits per heavy atom. The third kappa shape index (κ3) is 3.95. The van der Waals surface area contributed by atoms with Crippen LogP contribution in [0.5, 0.6) is 0 Å². The van der Waals surface area contributed by atoms with Crippen LogP contribution >= 0.6 is 0 Å². The van der Waals surface area contributed by atoms with Gasteiger partial charge >= 0.3 is 0 Å². The van der Waals surface area contributed by atoms with E-state index in [1.54, 1.807) is 0 Å². The summed E-state index contributed by atoms with van der Waals surface area (Å²) in [5.74, 6) is 0.177. The first-order valence-corrected chi connectivity index (χ1v) is 11.6. The Kier molecular flexibility index (Phi) is 6.06. The van der Waals surface area contributed by atoms with Gasteiger partial charge in [0.25, 0.3) is 5.91 Å². The molecule has 0 aromatic heterocycles. The summed E-state index contributed by atoms with van der Waals surface area (Å²) in [6.07, 6.45) is 7.86. The van der Waals surface area contributed by atoms with Gasteiger partial charge in [0.15, 0.2) is 5.60 Å². The maximum Gasteiger partial charge on any atom is 0.258 e. The molecule has 30 heavy (non-hydrogen) atoms. The molecule has 1 heterocycles. The Bertz CT molecular complexity index is 785. The Morgan fingerprint density at radius 3 is 2.70 bits per heavy atom. The minimum absolute atomic E-state index is 0.0338. The van der Waals surface area contributed by atoms with Crippen LogP contribution in [0.25, 0.3) is 0 Å². The fraction of sp³-hybridized carbons (Fsp3) is 0.640. The number of allylic oxidation sites excluding steroid dienone is 1. The highest BCUT2D eigenvalue weighted by Gasteiger charge is 2.63. The van der Waals surface area contributed by atoms with Gasteiger partial charge in [0.2, 0.25) is 0 Å². The van der Waals surface area contributed by atoms with Crippen LogP contribution in [0.4, 0.5) is 0 Å². The number of carbonyl (C=O) groups excluding carboxylic acids is 1. The van der Waals surface area contributed by atoms with Crippen LogP contribution in [-0.4, -0.2) is 41.7 Å². The van der Waals surface area contributed by atoms with Crippen molar-refractivity contribution in [2.24, 2.45) is 23.0 Å². The fourth-order valence-electron chi connectivity index (χ4n) is 5.80. The number of nitrogens with zero attached hydrogens (tertiary/aromatic N) is 1. The van der Waals surface area contributed by atoms with Gasteiger partial charge in [0, 0.05) is 31.0 Å². The molecule has 3 fully saturated rings. The van der Waals surface area contributed by atoms with E-state index in [2.05, 4.69) is 30.1 Å². The van der Waals surface area contributed by atoms with Crippen molar-refractivity contribution in [3.63, 3.8) is 0 Å². The fourth-order valence-corrected chi connectivity index (χ4v) is 5.80. The molecule has 1 aromatic rings. The van der Waals surface area contributed by atoms with Crippen LogP contribution in [0.3, 0.4) is 0 Å². The predicted molar refractivity (Wildman–Crippen MR) is 119 cm³/mol. The molecule has 1 aromatic carbocycles. The number of nitrogens with two attached hydrogens (primary N) is 1. The molecule has 1 aliphatic heterocycles. The quantitative estimate of drug-likeness (QED) is 0.454. The van der Waals surface area contributed by atoms with Crippen molar-refractivity contribution < 1.29 is 9.90 Å². The van der Waals surface area contributed by atoms with E-state index in [1.165, 1.54) is 5.57 Å². The average Bonchev–Trinajstić information content (AvgIpc) is 3.10. The number of likely N-dealkylation sites (tertiary alicyclic amines) is 1. The van der Waals surface area contributed by atoms with E-state index < -0.39 is 11.8 Å². The van der Waals surface area contributed by atoms with Crippen molar-refractivity contribution in [1.29, 1.82) is 0 Å². The topological polar surface area (TPSA) is 78.6 Å². The van der Waals surface area contributed by atoms with Crippen molar-refractivity contribution >= 4 is 5.91 Å². The molecule has 1 saturated heterocycles. The van der Waals surface area contributed by atoms with Crippen molar-refractivity contribution in [3.05, 3.63) is 47.5 Å². The Hall–Kier alpha value is -1.69. The van der Waals surface area contributed by atoms with Gasteiger partial charge in [-0.2, -0.15) is 0 Å². The van der Waals surface area contributed by atoms with Crippen LogP contribution in [0.2, 0.25) is 0 Å². The number of nitrogens with one attached hydrogen (secondary N) is 1. The maximum absolute atomic E-state index is 13.4. The van der Waals surface area contributed by atoms with Gasteiger partial charge in [0.05, 0.1) is 6.17 Å². The molecule has 2 aliphatic carbocycles. The number of rotatable bonds is 8. The largest absolute Gasteiger partial charge is 0.375 e. The lowest BCUT2D eigenvalue weighted by molar-refractivity contribution is -0.148. The summed E-state index contributed by atoms with van der Waals surface area (Å²) in [7, 11) is 0. The first kappa shape index (κ1) is 21.5. The second-order valence-electron chi connectivity index (χ2n) is 10.0. The molecule has 0 bridgehead atoms. The maximum atomic E-state index is 13.4. The van der Waals surface area contributed by atoms with E-state index in [0.29, 0.717) is 11.5 Å². The number of aliphatic hydroxyl groups is 1. The highest BCUT2D eigenvalue weighted by atomic mass is 16.3. The molecule has 4 rings (SSSR count). The number of amides is 1. The third-order valence-electron chi connectivity index (χ3n) is 7.69. The Morgan fingerprint density at radius 2 is 2.03 bits per heavy atom. The summed E-state index contributed by atoms with van der Waals surface area (Å²) in [5.41, 5.74) is 7.08. The summed E-state index contributed by atoms with van der Waals surface area (Å²) in [4.78, 5) is 15.9. The van der Waals surface area contributed by atoms with E-state index in [4.69, 9.17) is 5.73 Å². The summed E-state index contributed by atoms with van der Waals surface area (Å²) < 4.78 is 0. The number of hydrogen-bond acceptors (Lipinski definition) is 4. The lowest BCUT2D eigenvalue weighted by Crippen LogP contribution is -2.57. The number of carbonyl (C=O) groups is 1. The van der Waals surface area contributed by atoms with Crippen LogP contribution < -0.4 is 11.1 Å². The first-order chi connectivity index (χ1) is 14.4. The zero-order valence-electron chi connectivity index (χ0n) is 18.4. The van der Waals surface area contributed by atoms with Crippen LogP contribution in [0.1, 0.15) is 57.9 Å². The molecule has 4 unspecified atom stereocenters. The third-order valence-corrected chi connectivity index (χ3v) is 7.69. The van der Waals surface area contributed by atoms with Gasteiger partial charge < -0.3 is 21.1 Å². The predicted octanol–water partition coefficient (Wildman–Crippen LogP) is 3.14. The number of hydrogen-bond donors (Lipinski definition) is 3. The molecule has 1 amide bonds. The number of fused-ring (bicyclic) bond motifs is 1. The van der Waals surface area contributed by atoms with Crippen LogP contribution in [-0.2, 0) is 10.4 Å². The van der Waals surface area contributed by atoms with E-state index in [1.807, 2.05) is 30.3 Å². The van der Waals surface area contributed by atoms with Crippen molar-refractivity contribution in [2.75, 3.05) is 19.6 Å². The minimum atomic E-state index is -1.50. The van der Waals surface area contributed by atoms with Crippen molar-refractivity contribution in [1.82, 2.24) is 10.2 Å². The highest BCUT2D eigenvalue weighted by molar-refractivity contribution is 5.87. The first-order valence-electron chi connectivity index (χ1n) is 11.6. The monoisotopic (exact) mass is 411 g/mol. The summed E-state index contributed by atoms with van der Waals surface area (Å²) in [5, 5.41) is 14.7. The van der Waals surface area contributed by atoms with Crippen LogP contribution in [0, 0.1) is 17.3 Å². The highest BCUT2D eigenvalue weighted by Crippen LogP contribution is 2.59. The standard InChI is InChI=1S/C25H37N3O2/c1-18(2)9-8-14-28-16-21-15-24(21,17-28)22(26)27-23(29)25(30,20-12-6-7-13-20)19-10-4-3-5-11-19/h3-5,9-11,20-22,30H,6-8,12-17,26H2,1-2H3,(H,27,29). The van der Waals surface area contributed by atoms with Crippen LogP contribution in [0.15, 0.2) is 42.0 Å². The molecule has 4 atom stereocenters. The van der Waals surface area contributed by atoms with E-state index in [-0.39, 0.29) is 17.2 Å². The number of benzene rings is 1. The van der Waals surface area contributed by atoms with E-state index in [9.17, 15) is 9.90 Å². The summed E-state index contributed by atoms with van der Waals surface area (Å²) in [6.45, 7) is 7.30. The second kappa shape index (κ2) is 8.45. The normalized spacial score (nSPS) is 29.1. The van der Waals surface area contributed by atoms with Crippen molar-refractivity contribution in [2.45, 2.75) is 64.1 Å². The second-order valence-corrected chi connectivity index (χ2v) is 10.0. The van der Waals surface area contributed by atoms with Gasteiger partial charge in [-0.1, -0.05) is 54.8 Å². The molecular weight excluding hydrogens is 374 g/mol. The molecule has 0 radical (unpaired) electrons. The molecule has 0 spiro atoms. The lowest BCUT2D eigenvalue weighted by atomic mass is 9.79. The molecule has 4 N–H and O–H groups in total. The molecule has 2 saturated carbocycles. The van der Waals surface area contributed by atoms with Gasteiger partial charge in [-0.25, -0.2) is 0 Å². The Labute approximate surface area is 180 Å². The van der Waals surface area contributed by atoms with E-state index >= 15 is 0 Å². The zero-order valence-corrected chi connectivity index (χ0v) is 18.4. The molecule has 3 aliphatic rings. The summed E-state index contributed by atoms with van der Waals surface area (Å²) in [6, 6.07) is 9.42. The molecular formula is C25H37N3O2. The zero-order chi connectivity index (χ0) is 21.4. The van der Waals surface area contributed by atoms with Gasteiger partial charge in [-0.15, -0.1) is 0 Å². The molecule has 164 valence electrons. The number of piperidine rings is 1. The smallest absolute Gasteiger partial charge is 0.258 e.